The third-order valence-corrected chi connectivity index (χ3v) is 4.53. The molecule has 0 bridgehead atoms. The van der Waals surface area contributed by atoms with Crippen LogP contribution in [0.1, 0.15) is 53.0 Å². The van der Waals surface area contributed by atoms with E-state index in [1.165, 1.54) is 0 Å². The van der Waals surface area contributed by atoms with Gasteiger partial charge in [-0.25, -0.2) is 0 Å². The molecule has 0 aromatic heterocycles. The number of hydrogen-bond donors (Lipinski definition) is 0. The summed E-state index contributed by atoms with van der Waals surface area (Å²) in [4.78, 5) is 0. The van der Waals surface area contributed by atoms with Crippen LogP contribution in [0.15, 0.2) is 18.2 Å². The first kappa shape index (κ1) is 16.4. The number of rotatable bonds is 5. The average molecular weight is 290 g/mol. The van der Waals surface area contributed by atoms with Gasteiger partial charge < -0.3 is 14.0 Å². The second-order valence-electron chi connectivity index (χ2n) is 6.78. The zero-order chi connectivity index (χ0) is 15.7. The van der Waals surface area contributed by atoms with Gasteiger partial charge in [0.2, 0.25) is 0 Å². The smallest absolute Gasteiger partial charge is 0.494 e. The van der Waals surface area contributed by atoms with Gasteiger partial charge in [-0.2, -0.15) is 0 Å². The third kappa shape index (κ3) is 3.27. The van der Waals surface area contributed by atoms with Crippen LogP contribution >= 0.6 is 0 Å². The second-order valence-corrected chi connectivity index (χ2v) is 6.78. The highest BCUT2D eigenvalue weighted by atomic mass is 16.7. The SMILES string of the molecule is CCCCOc1cccc(C)c1B1OC(C)(C)C(C)(C)O1. The van der Waals surface area contributed by atoms with Crippen LogP contribution in [0, 0.1) is 6.92 Å². The van der Waals surface area contributed by atoms with Crippen molar-refractivity contribution in [1.29, 1.82) is 0 Å². The summed E-state index contributed by atoms with van der Waals surface area (Å²) < 4.78 is 18.3. The molecule has 0 aliphatic carbocycles. The van der Waals surface area contributed by atoms with Crippen molar-refractivity contribution in [3.05, 3.63) is 23.8 Å². The summed E-state index contributed by atoms with van der Waals surface area (Å²) >= 11 is 0. The quantitative estimate of drug-likeness (QED) is 0.614. The van der Waals surface area contributed by atoms with E-state index in [9.17, 15) is 0 Å². The lowest BCUT2D eigenvalue weighted by Crippen LogP contribution is -2.41. The Hall–Kier alpha value is -0.995. The summed E-state index contributed by atoms with van der Waals surface area (Å²) in [5.74, 6) is 0.877. The topological polar surface area (TPSA) is 27.7 Å². The lowest BCUT2D eigenvalue weighted by atomic mass is 9.75. The Morgan fingerprint density at radius 1 is 1.10 bits per heavy atom. The van der Waals surface area contributed by atoms with E-state index in [4.69, 9.17) is 14.0 Å². The van der Waals surface area contributed by atoms with Crippen LogP contribution < -0.4 is 10.2 Å². The molecule has 0 spiro atoms. The van der Waals surface area contributed by atoms with Crippen molar-refractivity contribution in [2.45, 2.75) is 65.6 Å². The van der Waals surface area contributed by atoms with Crippen molar-refractivity contribution in [3.63, 3.8) is 0 Å². The van der Waals surface area contributed by atoms with Gasteiger partial charge in [0.15, 0.2) is 0 Å². The molecule has 1 aromatic rings. The molecule has 0 N–H and O–H groups in total. The van der Waals surface area contributed by atoms with E-state index in [0.717, 1.165) is 36.2 Å². The molecule has 21 heavy (non-hydrogen) atoms. The largest absolute Gasteiger partial charge is 0.498 e. The normalized spacial score (nSPS) is 19.8. The summed E-state index contributed by atoms with van der Waals surface area (Å²) in [5.41, 5.74) is 1.50. The highest BCUT2D eigenvalue weighted by Gasteiger charge is 2.52. The van der Waals surface area contributed by atoms with E-state index in [2.05, 4.69) is 47.6 Å². The molecule has 1 aliphatic rings. The number of benzene rings is 1. The van der Waals surface area contributed by atoms with Gasteiger partial charge in [0.25, 0.3) is 0 Å². The lowest BCUT2D eigenvalue weighted by Gasteiger charge is -2.32. The summed E-state index contributed by atoms with van der Waals surface area (Å²) in [6, 6.07) is 6.10. The van der Waals surface area contributed by atoms with Gasteiger partial charge in [0.05, 0.1) is 17.8 Å². The Kier molecular flexibility index (Phi) is 4.69. The van der Waals surface area contributed by atoms with E-state index in [-0.39, 0.29) is 18.3 Å². The molecule has 1 aliphatic heterocycles. The van der Waals surface area contributed by atoms with Gasteiger partial charge in [-0.3, -0.25) is 0 Å². The van der Waals surface area contributed by atoms with Crippen LogP contribution in [-0.4, -0.2) is 24.9 Å². The first-order valence-electron chi connectivity index (χ1n) is 7.86. The van der Waals surface area contributed by atoms with Crippen molar-refractivity contribution in [2.24, 2.45) is 0 Å². The fourth-order valence-corrected chi connectivity index (χ4v) is 2.37. The summed E-state index contributed by atoms with van der Waals surface area (Å²) in [5, 5.41) is 0. The summed E-state index contributed by atoms with van der Waals surface area (Å²) in [6.07, 6.45) is 2.17. The molecule has 116 valence electrons. The Morgan fingerprint density at radius 2 is 1.71 bits per heavy atom. The van der Waals surface area contributed by atoms with Crippen LogP contribution in [0.5, 0.6) is 5.75 Å². The minimum atomic E-state index is -0.368. The first-order chi connectivity index (χ1) is 9.78. The molecule has 1 fully saturated rings. The first-order valence-corrected chi connectivity index (χ1v) is 7.86. The molecule has 3 nitrogen and oxygen atoms in total. The monoisotopic (exact) mass is 290 g/mol. The van der Waals surface area contributed by atoms with Gasteiger partial charge >= 0.3 is 7.12 Å². The minimum Gasteiger partial charge on any atom is -0.494 e. The molecule has 0 atom stereocenters. The summed E-state index contributed by atoms with van der Waals surface area (Å²) in [6.45, 7) is 13.3. The molecule has 0 radical (unpaired) electrons. The van der Waals surface area contributed by atoms with E-state index < -0.39 is 0 Å². The zero-order valence-corrected chi connectivity index (χ0v) is 14.2. The average Bonchev–Trinajstić information content (AvgIpc) is 2.58. The Morgan fingerprint density at radius 3 is 2.29 bits per heavy atom. The maximum Gasteiger partial charge on any atom is 0.498 e. The molecule has 1 heterocycles. The fourth-order valence-electron chi connectivity index (χ4n) is 2.37. The Labute approximate surface area is 129 Å². The number of hydrogen-bond acceptors (Lipinski definition) is 3. The lowest BCUT2D eigenvalue weighted by molar-refractivity contribution is 0.00578. The van der Waals surface area contributed by atoms with Crippen molar-refractivity contribution in [3.8, 4) is 5.75 Å². The number of unbranched alkanes of at least 4 members (excludes halogenated alkanes) is 1. The maximum absolute atomic E-state index is 6.18. The standard InChI is InChI=1S/C17H27BO3/c1-7-8-12-19-14-11-9-10-13(2)15(14)18-20-16(3,4)17(5,6)21-18/h9-11H,7-8,12H2,1-6H3. The fraction of sp³-hybridized carbons (Fsp3) is 0.647. The molecule has 2 rings (SSSR count). The van der Waals surface area contributed by atoms with Crippen LogP contribution in [0.2, 0.25) is 0 Å². The van der Waals surface area contributed by atoms with Crippen LogP contribution in [-0.2, 0) is 9.31 Å². The van der Waals surface area contributed by atoms with Crippen LogP contribution in [0.3, 0.4) is 0 Å². The van der Waals surface area contributed by atoms with E-state index in [0.29, 0.717) is 0 Å². The minimum absolute atomic E-state index is 0.333. The molecule has 1 aromatic carbocycles. The van der Waals surface area contributed by atoms with Gasteiger partial charge in [0.1, 0.15) is 5.75 Å². The molecule has 0 unspecified atom stereocenters. The van der Waals surface area contributed by atoms with Crippen LogP contribution in [0.25, 0.3) is 0 Å². The molecule has 1 saturated heterocycles. The zero-order valence-electron chi connectivity index (χ0n) is 14.2. The number of aryl methyl sites for hydroxylation is 1. The maximum atomic E-state index is 6.18. The second kappa shape index (κ2) is 6.01. The molecular formula is C17H27BO3. The summed E-state index contributed by atoms with van der Waals surface area (Å²) in [7, 11) is -0.368. The van der Waals surface area contributed by atoms with Crippen LogP contribution in [0.4, 0.5) is 0 Å². The number of ether oxygens (including phenoxy) is 1. The highest BCUT2D eigenvalue weighted by molar-refractivity contribution is 6.63. The molecule has 0 amide bonds. The van der Waals surface area contributed by atoms with E-state index in [1.54, 1.807) is 0 Å². The van der Waals surface area contributed by atoms with Gasteiger partial charge in [0, 0.05) is 5.46 Å². The molecule has 0 saturated carbocycles. The van der Waals surface area contributed by atoms with Crippen molar-refractivity contribution in [1.82, 2.24) is 0 Å². The van der Waals surface area contributed by atoms with Gasteiger partial charge in [-0.1, -0.05) is 25.5 Å². The third-order valence-electron chi connectivity index (χ3n) is 4.53. The van der Waals surface area contributed by atoms with Crippen molar-refractivity contribution < 1.29 is 14.0 Å². The molecular weight excluding hydrogens is 263 g/mol. The predicted molar refractivity (Wildman–Crippen MR) is 87.3 cm³/mol. The highest BCUT2D eigenvalue weighted by Crippen LogP contribution is 2.37. The predicted octanol–water partition coefficient (Wildman–Crippen LogP) is 3.47. The Bertz CT molecular complexity index is 481. The van der Waals surface area contributed by atoms with Gasteiger partial charge in [-0.15, -0.1) is 0 Å². The van der Waals surface area contributed by atoms with Crippen molar-refractivity contribution >= 4 is 12.6 Å². The molecule has 4 heteroatoms. The van der Waals surface area contributed by atoms with Gasteiger partial charge in [-0.05, 0) is 52.7 Å². The van der Waals surface area contributed by atoms with E-state index in [1.807, 2.05) is 12.1 Å². The van der Waals surface area contributed by atoms with E-state index >= 15 is 0 Å². The van der Waals surface area contributed by atoms with Crippen molar-refractivity contribution in [2.75, 3.05) is 6.61 Å². The Balaban J connectivity index is 2.27.